The highest BCUT2D eigenvalue weighted by atomic mass is 32.2. The molecule has 0 bridgehead atoms. The van der Waals surface area contributed by atoms with Gasteiger partial charge in [0.25, 0.3) is 0 Å². The molecule has 3 rings (SSSR count). The number of pyridine rings is 1. The van der Waals surface area contributed by atoms with Gasteiger partial charge >= 0.3 is 0 Å². The molecule has 120 valence electrons. The van der Waals surface area contributed by atoms with E-state index in [4.69, 9.17) is 10.00 Å². The van der Waals surface area contributed by atoms with Gasteiger partial charge < -0.3 is 9.84 Å². The zero-order valence-electron chi connectivity index (χ0n) is 12.9. The molecule has 3 aromatic rings. The average molecular weight is 336 g/mol. The number of thioether (sulfide) groups is 1. The van der Waals surface area contributed by atoms with Crippen LogP contribution in [0.15, 0.2) is 65.7 Å². The quantitative estimate of drug-likeness (QED) is 0.696. The molecule has 0 aliphatic heterocycles. The number of nitrogens with zero attached hydrogens (tertiary/aromatic N) is 2. The number of hydrogen-bond donors (Lipinski definition) is 1. The van der Waals surface area contributed by atoms with Crippen LogP contribution in [0.2, 0.25) is 0 Å². The van der Waals surface area contributed by atoms with Gasteiger partial charge in [-0.15, -0.1) is 11.8 Å². The summed E-state index contributed by atoms with van der Waals surface area (Å²) in [5, 5.41) is 20.8. The lowest BCUT2D eigenvalue weighted by Gasteiger charge is -2.12. The van der Waals surface area contributed by atoms with Gasteiger partial charge in [-0.25, -0.2) is 4.98 Å². The third kappa shape index (κ3) is 4.25. The van der Waals surface area contributed by atoms with E-state index in [0.717, 1.165) is 15.9 Å². The minimum Gasteiger partial charge on any atom is -0.491 e. The molecule has 0 amide bonds. The van der Waals surface area contributed by atoms with Crippen molar-refractivity contribution in [2.45, 2.75) is 11.1 Å². The second-order valence-electron chi connectivity index (χ2n) is 5.25. The molecule has 5 heteroatoms. The van der Waals surface area contributed by atoms with Crippen LogP contribution in [0.5, 0.6) is 5.75 Å². The molecule has 0 spiro atoms. The zero-order chi connectivity index (χ0) is 16.8. The second-order valence-corrected chi connectivity index (χ2v) is 6.29. The van der Waals surface area contributed by atoms with E-state index in [-0.39, 0.29) is 6.61 Å². The van der Waals surface area contributed by atoms with E-state index in [1.165, 1.54) is 11.8 Å². The lowest BCUT2D eigenvalue weighted by atomic mass is 10.2. The van der Waals surface area contributed by atoms with Crippen LogP contribution >= 0.6 is 11.8 Å². The van der Waals surface area contributed by atoms with Gasteiger partial charge in [0, 0.05) is 11.1 Å². The number of nitriles is 1. The molecule has 0 radical (unpaired) electrons. The van der Waals surface area contributed by atoms with Crippen molar-refractivity contribution in [2.24, 2.45) is 0 Å². The predicted molar refractivity (Wildman–Crippen MR) is 95.1 cm³/mol. The van der Waals surface area contributed by atoms with Crippen molar-refractivity contribution in [1.29, 1.82) is 5.26 Å². The molecule has 1 N–H and O–H groups in total. The van der Waals surface area contributed by atoms with Crippen molar-refractivity contribution >= 4 is 22.7 Å². The Balaban J connectivity index is 1.50. The van der Waals surface area contributed by atoms with Gasteiger partial charge in [0.15, 0.2) is 0 Å². The molecule has 2 aromatic carbocycles. The van der Waals surface area contributed by atoms with Gasteiger partial charge in [0.1, 0.15) is 12.4 Å². The summed E-state index contributed by atoms with van der Waals surface area (Å²) in [7, 11) is 0. The monoisotopic (exact) mass is 336 g/mol. The first-order valence-corrected chi connectivity index (χ1v) is 8.53. The topological polar surface area (TPSA) is 66.1 Å². The lowest BCUT2D eigenvalue weighted by molar-refractivity contribution is 0.126. The number of benzene rings is 2. The molecule has 0 saturated heterocycles. The Kier molecular flexibility index (Phi) is 5.32. The van der Waals surface area contributed by atoms with Crippen LogP contribution in [-0.2, 0) is 0 Å². The van der Waals surface area contributed by atoms with Crippen LogP contribution in [0.1, 0.15) is 5.56 Å². The zero-order valence-corrected chi connectivity index (χ0v) is 13.7. The minimum absolute atomic E-state index is 0.201. The fourth-order valence-corrected chi connectivity index (χ4v) is 2.96. The molecular weight excluding hydrogens is 320 g/mol. The number of para-hydroxylation sites is 1. The van der Waals surface area contributed by atoms with Gasteiger partial charge in [-0.1, -0.05) is 24.3 Å². The molecule has 24 heavy (non-hydrogen) atoms. The fourth-order valence-electron chi connectivity index (χ4n) is 2.18. The van der Waals surface area contributed by atoms with Crippen LogP contribution in [0, 0.1) is 11.3 Å². The third-order valence-corrected chi connectivity index (χ3v) is 4.50. The highest BCUT2D eigenvalue weighted by Crippen LogP contribution is 2.21. The van der Waals surface area contributed by atoms with Crippen molar-refractivity contribution in [3.8, 4) is 11.8 Å². The molecular formula is C19H16N2O2S. The highest BCUT2D eigenvalue weighted by molar-refractivity contribution is 7.99. The molecule has 0 aliphatic rings. The minimum atomic E-state index is -0.598. The molecule has 4 nitrogen and oxygen atoms in total. The summed E-state index contributed by atoms with van der Waals surface area (Å²) in [6.07, 6.45) is -0.598. The number of ether oxygens (including phenoxy) is 1. The Morgan fingerprint density at radius 2 is 1.88 bits per heavy atom. The maximum absolute atomic E-state index is 10.1. The Hall–Kier alpha value is -2.55. The van der Waals surface area contributed by atoms with Gasteiger partial charge in [-0.2, -0.15) is 5.26 Å². The van der Waals surface area contributed by atoms with Crippen molar-refractivity contribution in [3.63, 3.8) is 0 Å². The molecule has 1 unspecified atom stereocenters. The number of aliphatic hydroxyl groups excluding tert-OH is 1. The smallest absolute Gasteiger partial charge is 0.119 e. The normalized spacial score (nSPS) is 11.8. The number of aliphatic hydroxyl groups is 1. The maximum atomic E-state index is 10.1. The number of aromatic nitrogens is 1. The van der Waals surface area contributed by atoms with E-state index >= 15 is 0 Å². The Labute approximate surface area is 144 Å². The van der Waals surface area contributed by atoms with Crippen molar-refractivity contribution in [2.75, 3.05) is 12.4 Å². The number of fused-ring (bicyclic) bond motifs is 1. The molecule has 1 heterocycles. The van der Waals surface area contributed by atoms with Crippen LogP contribution < -0.4 is 4.74 Å². The van der Waals surface area contributed by atoms with Crippen molar-refractivity contribution in [1.82, 2.24) is 4.98 Å². The molecule has 1 aromatic heterocycles. The maximum Gasteiger partial charge on any atom is 0.119 e. The SMILES string of the molecule is N#Cc1ccc(OCC(O)CSc2ccc3ccccc3n2)cc1. The predicted octanol–water partition coefficient (Wildman–Crippen LogP) is 3.64. The van der Waals surface area contributed by atoms with Crippen molar-refractivity contribution in [3.05, 3.63) is 66.2 Å². The van der Waals surface area contributed by atoms with E-state index in [1.807, 2.05) is 36.4 Å². The van der Waals surface area contributed by atoms with Crippen molar-refractivity contribution < 1.29 is 9.84 Å². The van der Waals surface area contributed by atoms with E-state index < -0.39 is 6.10 Å². The van der Waals surface area contributed by atoms with E-state index in [2.05, 4.69) is 11.1 Å². The van der Waals surface area contributed by atoms with Crippen LogP contribution in [0.25, 0.3) is 10.9 Å². The summed E-state index contributed by atoms with van der Waals surface area (Å²) < 4.78 is 5.53. The first-order valence-electron chi connectivity index (χ1n) is 7.54. The number of hydrogen-bond acceptors (Lipinski definition) is 5. The van der Waals surface area contributed by atoms with E-state index in [1.54, 1.807) is 24.3 Å². The van der Waals surface area contributed by atoms with Crippen LogP contribution in [0.3, 0.4) is 0 Å². The fraction of sp³-hybridized carbons (Fsp3) is 0.158. The molecule has 0 fully saturated rings. The van der Waals surface area contributed by atoms with Crippen LogP contribution in [0.4, 0.5) is 0 Å². The summed E-state index contributed by atoms with van der Waals surface area (Å²) in [4.78, 5) is 4.56. The highest BCUT2D eigenvalue weighted by Gasteiger charge is 2.08. The first kappa shape index (κ1) is 16.3. The Morgan fingerprint density at radius 1 is 1.08 bits per heavy atom. The van der Waals surface area contributed by atoms with E-state index in [9.17, 15) is 5.11 Å². The lowest BCUT2D eigenvalue weighted by Crippen LogP contribution is -2.20. The Morgan fingerprint density at radius 3 is 2.67 bits per heavy atom. The summed E-state index contributed by atoms with van der Waals surface area (Å²) in [6.45, 7) is 0.201. The largest absolute Gasteiger partial charge is 0.491 e. The first-order chi connectivity index (χ1) is 11.7. The molecule has 1 atom stereocenters. The standard InChI is InChI=1S/C19H16N2O2S/c20-11-14-5-8-17(9-6-14)23-12-16(22)13-24-19-10-7-15-3-1-2-4-18(15)21-19/h1-10,16,22H,12-13H2. The summed E-state index contributed by atoms with van der Waals surface area (Å²) in [5.41, 5.74) is 1.53. The number of rotatable bonds is 6. The average Bonchev–Trinajstić information content (AvgIpc) is 2.65. The summed E-state index contributed by atoms with van der Waals surface area (Å²) in [5.74, 6) is 1.14. The van der Waals surface area contributed by atoms with E-state index in [0.29, 0.717) is 17.1 Å². The summed E-state index contributed by atoms with van der Waals surface area (Å²) >= 11 is 1.50. The van der Waals surface area contributed by atoms with Gasteiger partial charge in [-0.05, 0) is 36.4 Å². The van der Waals surface area contributed by atoms with Gasteiger partial charge in [-0.3, -0.25) is 0 Å². The molecule has 0 saturated carbocycles. The summed E-state index contributed by atoms with van der Waals surface area (Å²) in [6, 6.07) is 20.8. The second kappa shape index (κ2) is 7.82. The van der Waals surface area contributed by atoms with Gasteiger partial charge in [0.2, 0.25) is 0 Å². The Bertz CT molecular complexity index is 859. The van der Waals surface area contributed by atoms with Crippen LogP contribution in [-0.4, -0.2) is 28.6 Å². The van der Waals surface area contributed by atoms with Gasteiger partial charge in [0.05, 0.1) is 28.3 Å². The third-order valence-electron chi connectivity index (χ3n) is 3.42. The molecule has 0 aliphatic carbocycles.